The zero-order valence-corrected chi connectivity index (χ0v) is 70.7. The molecule has 616 valence electrons. The summed E-state index contributed by atoms with van der Waals surface area (Å²) in [5.41, 5.74) is 14.9. The monoisotopic (exact) mass is 1690 g/mol. The van der Waals surface area contributed by atoms with E-state index in [0.29, 0.717) is 91.1 Å². The Labute approximate surface area is 714 Å². The molecule has 4 aromatic carbocycles. The van der Waals surface area contributed by atoms with Gasteiger partial charge in [0.25, 0.3) is 0 Å². The van der Waals surface area contributed by atoms with Crippen LogP contribution in [-0.2, 0) is 0 Å². The van der Waals surface area contributed by atoms with Crippen LogP contribution in [0.4, 0.5) is 17.6 Å². The predicted octanol–water partition coefficient (Wildman–Crippen LogP) is 27.1. The molecule has 0 spiro atoms. The average Bonchev–Trinajstić information content (AvgIpc) is 1.77. The summed E-state index contributed by atoms with van der Waals surface area (Å²) in [6.07, 6.45) is 35.9. The number of rotatable bonds is 16. The summed E-state index contributed by atoms with van der Waals surface area (Å²) in [5.74, 6) is 8.88. The number of halogens is 8. The fourth-order valence-corrected chi connectivity index (χ4v) is 21.2. The Morgan fingerprint density at radius 3 is 0.692 bits per heavy atom. The summed E-state index contributed by atoms with van der Waals surface area (Å²) in [6.45, 7) is 8.90. The van der Waals surface area contributed by atoms with Crippen molar-refractivity contribution in [2.45, 2.75) is 203 Å². The van der Waals surface area contributed by atoms with Crippen LogP contribution in [0.3, 0.4) is 0 Å². The molecule has 120 heavy (non-hydrogen) atoms. The minimum Gasteiger partial charge on any atom is -0.340 e. The third-order valence-corrected chi connectivity index (χ3v) is 27.4. The molecule has 16 aromatic rings. The van der Waals surface area contributed by atoms with E-state index in [1.165, 1.54) is 46.5 Å². The van der Waals surface area contributed by atoms with Crippen molar-refractivity contribution in [2.24, 2.45) is 23.7 Å². The number of imidazole rings is 4. The van der Waals surface area contributed by atoms with Gasteiger partial charge in [0.1, 0.15) is 46.6 Å². The molecule has 16 nitrogen and oxygen atoms in total. The van der Waals surface area contributed by atoms with Gasteiger partial charge >= 0.3 is 0 Å². The lowest BCUT2D eigenvalue weighted by molar-refractivity contribution is 0.272. The molecule has 20 rings (SSSR count). The number of aromatic amines is 4. The van der Waals surface area contributed by atoms with Gasteiger partial charge in [0.2, 0.25) is 0 Å². The van der Waals surface area contributed by atoms with Crippen LogP contribution in [0, 0.1) is 46.9 Å². The van der Waals surface area contributed by atoms with E-state index in [4.69, 9.17) is 66.3 Å². The van der Waals surface area contributed by atoms with Crippen molar-refractivity contribution in [3.63, 3.8) is 0 Å². The van der Waals surface area contributed by atoms with Crippen LogP contribution in [-0.4, -0.2) is 79.7 Å². The van der Waals surface area contributed by atoms with Crippen molar-refractivity contribution in [1.29, 1.82) is 0 Å². The van der Waals surface area contributed by atoms with E-state index in [-0.39, 0.29) is 23.3 Å². The molecule has 4 N–H and O–H groups in total. The lowest BCUT2D eigenvalue weighted by Gasteiger charge is -2.33. The van der Waals surface area contributed by atoms with Crippen molar-refractivity contribution < 1.29 is 17.6 Å². The first-order chi connectivity index (χ1) is 58.5. The predicted molar refractivity (Wildman–Crippen MR) is 473 cm³/mol. The van der Waals surface area contributed by atoms with Crippen molar-refractivity contribution in [3.8, 4) is 0 Å². The molecular formula is C96H96Cl4F4N16. The van der Waals surface area contributed by atoms with E-state index in [1.807, 2.05) is 49.1 Å². The Morgan fingerprint density at radius 2 is 0.492 bits per heavy atom. The smallest absolute Gasteiger partial charge is 0.177 e. The van der Waals surface area contributed by atoms with E-state index >= 15 is 0 Å². The van der Waals surface area contributed by atoms with Crippen LogP contribution < -0.4 is 0 Å². The summed E-state index contributed by atoms with van der Waals surface area (Å²) in [4.78, 5) is 67.8. The molecule has 4 aliphatic carbocycles. The fourth-order valence-electron chi connectivity index (χ4n) is 20.6. The van der Waals surface area contributed by atoms with E-state index in [0.717, 1.165) is 240 Å². The Morgan fingerprint density at radius 1 is 0.283 bits per heavy atom. The van der Waals surface area contributed by atoms with E-state index < -0.39 is 0 Å². The number of H-pyrrole nitrogens is 4. The highest BCUT2D eigenvalue weighted by molar-refractivity contribution is 6.32. The van der Waals surface area contributed by atoms with Gasteiger partial charge in [-0.3, -0.25) is 19.9 Å². The molecule has 4 aliphatic rings. The SMILES string of the molecule is CC[C@@H](c1nc2ncc(Cl)cc2[nH]1)C1CCC(c2ccnc3ccc(F)cc23)CC1.CC[C@@H](c1nc2ncc(Cl)cc2[nH]1)C1CCC(c2ccnc3ccc(F)cc23)CC1.CC[C@H](c1nc2ncc(Cl)cc2[nH]1)C1CCC(c2ccnc3ccc(F)cc23)CC1.CC[C@H](c1nc2ncc(Cl)cc2[nH]1)C1CCC(c2ccnc3ccc(F)cc23)CC1. The Balaban J connectivity index is 0.000000114. The first-order valence-corrected chi connectivity index (χ1v) is 44.2. The highest BCUT2D eigenvalue weighted by atomic mass is 35.5. The second-order valence-corrected chi connectivity index (χ2v) is 35.1. The summed E-state index contributed by atoms with van der Waals surface area (Å²) in [6, 6.07) is 35.4. The quantitative estimate of drug-likeness (QED) is 0.0664. The Hall–Kier alpha value is -10.1. The number of hydrogen-bond acceptors (Lipinski definition) is 12. The lowest BCUT2D eigenvalue weighted by Crippen LogP contribution is -2.20. The first kappa shape index (κ1) is 82.2. The topological polar surface area (TPSA) is 218 Å². The van der Waals surface area contributed by atoms with Gasteiger partial charge in [-0.1, -0.05) is 74.1 Å². The zero-order chi connectivity index (χ0) is 82.7. The molecule has 0 unspecified atom stereocenters. The van der Waals surface area contributed by atoms with Crippen LogP contribution in [0.5, 0.6) is 0 Å². The minimum absolute atomic E-state index is 0.199. The standard InChI is InChI=1S/4C24H24ClFN4/c4*1-2-18(23-29-22-11-16(25)13-28-24(22)30-23)14-3-5-15(6-4-14)19-9-10-27-21-8-7-17(26)12-20(19)21/h4*7-15,18H,2-6H2,1H3,(H,28,29,30)/t4*14?,15?,18-/m1100/s1. The number of hydrogen-bond donors (Lipinski definition) is 4. The number of benzene rings is 4. The maximum absolute atomic E-state index is 13.8. The number of aromatic nitrogens is 16. The van der Waals surface area contributed by atoms with Crippen molar-refractivity contribution in [1.82, 2.24) is 79.7 Å². The highest BCUT2D eigenvalue weighted by Gasteiger charge is 2.36. The first-order valence-electron chi connectivity index (χ1n) is 42.7. The van der Waals surface area contributed by atoms with Crippen molar-refractivity contribution in [3.05, 3.63) is 260 Å². The van der Waals surface area contributed by atoms with Crippen molar-refractivity contribution in [2.75, 3.05) is 0 Å². The molecule has 4 fully saturated rings. The van der Waals surface area contributed by atoms with Gasteiger partial charge in [0.05, 0.1) is 64.2 Å². The third-order valence-electron chi connectivity index (χ3n) is 26.5. The summed E-state index contributed by atoms with van der Waals surface area (Å²) >= 11 is 24.3. The van der Waals surface area contributed by atoms with Crippen LogP contribution >= 0.6 is 46.4 Å². The fraction of sp³-hybridized carbons (Fsp3) is 0.375. The Bertz CT molecular complexity index is 5540. The van der Waals surface area contributed by atoms with E-state index in [9.17, 15) is 17.6 Å². The van der Waals surface area contributed by atoms with Crippen molar-refractivity contribution >= 4 is 135 Å². The van der Waals surface area contributed by atoms with Crippen LogP contribution in [0.15, 0.2) is 171 Å². The summed E-state index contributed by atoms with van der Waals surface area (Å²) in [5, 5.41) is 6.28. The molecule has 12 heterocycles. The number of pyridine rings is 8. The number of nitrogens with zero attached hydrogens (tertiary/aromatic N) is 12. The molecule has 4 atom stereocenters. The number of fused-ring (bicyclic) bond motifs is 8. The van der Waals surface area contributed by atoms with Gasteiger partial charge in [-0.2, -0.15) is 0 Å². The second-order valence-electron chi connectivity index (χ2n) is 33.3. The van der Waals surface area contributed by atoms with Gasteiger partial charge in [-0.25, -0.2) is 57.4 Å². The third kappa shape index (κ3) is 18.0. The van der Waals surface area contributed by atoms with Gasteiger partial charge in [0, 0.05) is 94.8 Å². The maximum Gasteiger partial charge on any atom is 0.177 e. The van der Waals surface area contributed by atoms with Gasteiger partial charge in [-0.15, -0.1) is 0 Å². The van der Waals surface area contributed by atoms with Gasteiger partial charge < -0.3 is 19.9 Å². The van der Waals surface area contributed by atoms with Gasteiger partial charge in [-0.05, 0) is 319 Å². The molecule has 0 saturated heterocycles. The average molecular weight is 1690 g/mol. The molecular weight excluding hydrogens is 1590 g/mol. The molecule has 0 aliphatic heterocycles. The molecule has 0 amide bonds. The van der Waals surface area contributed by atoms with Gasteiger partial charge in [0.15, 0.2) is 22.6 Å². The molecule has 0 bridgehead atoms. The number of nitrogens with one attached hydrogen (secondary N) is 4. The Kier molecular flexibility index (Phi) is 25.1. The maximum atomic E-state index is 13.8. The summed E-state index contributed by atoms with van der Waals surface area (Å²) < 4.78 is 55.4. The van der Waals surface area contributed by atoms with E-state index in [2.05, 4.69) is 112 Å². The highest BCUT2D eigenvalue weighted by Crippen LogP contribution is 2.50. The van der Waals surface area contributed by atoms with Crippen LogP contribution in [0.25, 0.3) is 88.3 Å². The zero-order valence-electron chi connectivity index (χ0n) is 67.6. The molecule has 0 radical (unpaired) electrons. The second kappa shape index (κ2) is 36.7. The molecule has 24 heteroatoms. The lowest BCUT2D eigenvalue weighted by atomic mass is 9.72. The largest absolute Gasteiger partial charge is 0.340 e. The van der Waals surface area contributed by atoms with Crippen LogP contribution in [0.1, 0.15) is 249 Å². The molecule has 4 saturated carbocycles. The van der Waals surface area contributed by atoms with E-state index in [1.54, 1.807) is 73.3 Å². The normalized spacial score (nSPS) is 20.6. The van der Waals surface area contributed by atoms with Crippen LogP contribution in [0.2, 0.25) is 20.1 Å². The molecule has 12 aromatic heterocycles. The summed E-state index contributed by atoms with van der Waals surface area (Å²) in [7, 11) is 0. The minimum atomic E-state index is -0.199.